The van der Waals surface area contributed by atoms with Crippen molar-refractivity contribution in [3.63, 3.8) is 0 Å². The SMILES string of the molecule is O=S(=O)(Nc1ccc(Cl)c(Cl)c1)c1ccc(NC(=S)Nc2ccccc2F)cc1. The number of hydrogen-bond acceptors (Lipinski definition) is 3. The quantitative estimate of drug-likeness (QED) is 0.415. The number of benzene rings is 3. The molecule has 10 heteroatoms. The number of thiocarbonyl (C=S) groups is 1. The molecule has 0 spiro atoms. The van der Waals surface area contributed by atoms with E-state index in [4.69, 9.17) is 35.4 Å². The highest BCUT2D eigenvalue weighted by molar-refractivity contribution is 7.92. The molecule has 0 unspecified atom stereocenters. The highest BCUT2D eigenvalue weighted by atomic mass is 35.5. The van der Waals surface area contributed by atoms with Gasteiger partial charge in [-0.1, -0.05) is 35.3 Å². The molecule has 0 saturated heterocycles. The van der Waals surface area contributed by atoms with Gasteiger partial charge in [0.15, 0.2) is 5.11 Å². The molecule has 0 bridgehead atoms. The number of anilines is 3. The van der Waals surface area contributed by atoms with Crippen molar-refractivity contribution in [1.29, 1.82) is 0 Å². The molecular formula is C19H14Cl2FN3O2S2. The molecule has 29 heavy (non-hydrogen) atoms. The molecule has 0 aromatic heterocycles. The molecule has 0 radical (unpaired) electrons. The summed E-state index contributed by atoms with van der Waals surface area (Å²) in [6.07, 6.45) is 0. The second kappa shape index (κ2) is 8.96. The summed E-state index contributed by atoms with van der Waals surface area (Å²) in [5.41, 5.74) is 1.05. The van der Waals surface area contributed by atoms with Gasteiger partial charge in [0, 0.05) is 5.69 Å². The summed E-state index contributed by atoms with van der Waals surface area (Å²) in [4.78, 5) is 0.0436. The lowest BCUT2D eigenvalue weighted by Crippen LogP contribution is -2.20. The first-order chi connectivity index (χ1) is 13.7. The maximum absolute atomic E-state index is 13.7. The lowest BCUT2D eigenvalue weighted by atomic mass is 10.3. The summed E-state index contributed by atoms with van der Waals surface area (Å²) in [6, 6.07) is 16.4. The topological polar surface area (TPSA) is 70.2 Å². The van der Waals surface area contributed by atoms with E-state index in [2.05, 4.69) is 15.4 Å². The fourth-order valence-electron chi connectivity index (χ4n) is 2.34. The smallest absolute Gasteiger partial charge is 0.261 e. The Balaban J connectivity index is 1.68. The fraction of sp³-hybridized carbons (Fsp3) is 0. The van der Waals surface area contributed by atoms with Crippen molar-refractivity contribution in [3.8, 4) is 0 Å². The molecule has 3 N–H and O–H groups in total. The number of nitrogens with one attached hydrogen (secondary N) is 3. The van der Waals surface area contributed by atoms with Crippen LogP contribution in [0, 0.1) is 5.82 Å². The van der Waals surface area contributed by atoms with Crippen LogP contribution < -0.4 is 15.4 Å². The molecule has 0 atom stereocenters. The van der Waals surface area contributed by atoms with Crippen LogP contribution >= 0.6 is 35.4 Å². The summed E-state index contributed by atoms with van der Waals surface area (Å²) in [7, 11) is -3.82. The third-order valence-electron chi connectivity index (χ3n) is 3.72. The molecule has 0 heterocycles. The monoisotopic (exact) mass is 469 g/mol. The Bertz CT molecular complexity index is 1160. The first-order valence-electron chi connectivity index (χ1n) is 8.15. The van der Waals surface area contributed by atoms with Crippen LogP contribution in [-0.4, -0.2) is 13.5 Å². The van der Waals surface area contributed by atoms with Crippen molar-refractivity contribution in [1.82, 2.24) is 0 Å². The zero-order valence-corrected chi connectivity index (χ0v) is 17.8. The van der Waals surface area contributed by atoms with E-state index in [1.807, 2.05) is 0 Å². The Morgan fingerprint density at radius 1 is 0.862 bits per heavy atom. The van der Waals surface area contributed by atoms with E-state index in [1.165, 1.54) is 36.4 Å². The van der Waals surface area contributed by atoms with Gasteiger partial charge in [0.1, 0.15) is 5.82 Å². The maximum Gasteiger partial charge on any atom is 0.261 e. The minimum Gasteiger partial charge on any atom is -0.332 e. The Hall–Kier alpha value is -2.39. The highest BCUT2D eigenvalue weighted by Crippen LogP contribution is 2.26. The van der Waals surface area contributed by atoms with Crippen molar-refractivity contribution in [2.24, 2.45) is 0 Å². The van der Waals surface area contributed by atoms with E-state index in [0.29, 0.717) is 10.7 Å². The van der Waals surface area contributed by atoms with E-state index in [0.717, 1.165) is 0 Å². The lowest BCUT2D eigenvalue weighted by molar-refractivity contribution is 0.601. The standard InChI is InChI=1S/C19H14Cl2FN3O2S2/c20-15-10-7-13(11-16(15)21)25-29(26,27)14-8-5-12(6-9-14)23-19(28)24-18-4-2-1-3-17(18)22/h1-11,25H,(H2,23,24,28). The molecule has 3 aromatic carbocycles. The molecule has 0 amide bonds. The normalized spacial score (nSPS) is 11.0. The van der Waals surface area contributed by atoms with Gasteiger partial charge in [-0.3, -0.25) is 4.72 Å². The lowest BCUT2D eigenvalue weighted by Gasteiger charge is -2.12. The average Bonchev–Trinajstić information content (AvgIpc) is 2.67. The molecule has 5 nitrogen and oxygen atoms in total. The second-order valence-corrected chi connectivity index (χ2v) is 8.72. The van der Waals surface area contributed by atoms with E-state index >= 15 is 0 Å². The van der Waals surface area contributed by atoms with Crippen LogP contribution in [0.4, 0.5) is 21.5 Å². The largest absolute Gasteiger partial charge is 0.332 e. The second-order valence-electron chi connectivity index (χ2n) is 5.82. The van der Waals surface area contributed by atoms with E-state index in [-0.39, 0.29) is 26.4 Å². The van der Waals surface area contributed by atoms with Gasteiger partial charge in [0.2, 0.25) is 0 Å². The van der Waals surface area contributed by atoms with Gasteiger partial charge in [0.05, 0.1) is 26.3 Å². The highest BCUT2D eigenvalue weighted by Gasteiger charge is 2.15. The predicted octanol–water partition coefficient (Wildman–Crippen LogP) is 5.74. The minimum absolute atomic E-state index is 0.0436. The molecule has 150 valence electrons. The predicted molar refractivity (Wildman–Crippen MR) is 120 cm³/mol. The maximum atomic E-state index is 13.7. The molecule has 0 aliphatic carbocycles. The Morgan fingerprint density at radius 3 is 2.17 bits per heavy atom. The number of rotatable bonds is 5. The third-order valence-corrected chi connectivity index (χ3v) is 6.06. The van der Waals surface area contributed by atoms with Crippen LogP contribution in [0.2, 0.25) is 10.0 Å². The van der Waals surface area contributed by atoms with Crippen molar-refractivity contribution < 1.29 is 12.8 Å². The van der Waals surface area contributed by atoms with E-state index < -0.39 is 15.8 Å². The Kier molecular flexibility index (Phi) is 6.59. The van der Waals surface area contributed by atoms with Crippen molar-refractivity contribution in [2.45, 2.75) is 4.90 Å². The van der Waals surface area contributed by atoms with Crippen LogP contribution in [0.5, 0.6) is 0 Å². The Labute approximate surface area is 182 Å². The van der Waals surface area contributed by atoms with Crippen molar-refractivity contribution in [2.75, 3.05) is 15.4 Å². The summed E-state index contributed by atoms with van der Waals surface area (Å²) < 4.78 is 41.1. The van der Waals surface area contributed by atoms with Gasteiger partial charge < -0.3 is 10.6 Å². The average molecular weight is 470 g/mol. The van der Waals surface area contributed by atoms with Gasteiger partial charge in [-0.05, 0) is 66.8 Å². The first kappa shape index (κ1) is 21.3. The van der Waals surface area contributed by atoms with Gasteiger partial charge >= 0.3 is 0 Å². The molecule has 0 aliphatic rings. The molecule has 0 aliphatic heterocycles. The number of halogens is 3. The number of para-hydroxylation sites is 1. The van der Waals surface area contributed by atoms with Gasteiger partial charge in [-0.2, -0.15) is 0 Å². The Morgan fingerprint density at radius 2 is 1.52 bits per heavy atom. The van der Waals surface area contributed by atoms with Crippen LogP contribution in [0.3, 0.4) is 0 Å². The van der Waals surface area contributed by atoms with Crippen molar-refractivity contribution in [3.05, 3.63) is 82.6 Å². The van der Waals surface area contributed by atoms with Gasteiger partial charge in [0.25, 0.3) is 10.0 Å². The van der Waals surface area contributed by atoms with Gasteiger partial charge in [-0.15, -0.1) is 0 Å². The van der Waals surface area contributed by atoms with Crippen LogP contribution in [0.25, 0.3) is 0 Å². The summed E-state index contributed by atoms with van der Waals surface area (Å²) in [5, 5.41) is 6.33. The van der Waals surface area contributed by atoms with Crippen LogP contribution in [-0.2, 0) is 10.0 Å². The molecule has 0 fully saturated rings. The van der Waals surface area contributed by atoms with E-state index in [9.17, 15) is 12.8 Å². The van der Waals surface area contributed by atoms with Gasteiger partial charge in [-0.25, -0.2) is 12.8 Å². The zero-order chi connectivity index (χ0) is 21.0. The van der Waals surface area contributed by atoms with Crippen molar-refractivity contribution >= 4 is 67.6 Å². The number of hydrogen-bond donors (Lipinski definition) is 3. The number of sulfonamides is 1. The molecular weight excluding hydrogens is 456 g/mol. The summed E-state index contributed by atoms with van der Waals surface area (Å²) >= 11 is 16.9. The third kappa shape index (κ3) is 5.57. The van der Waals surface area contributed by atoms with E-state index in [1.54, 1.807) is 30.3 Å². The summed E-state index contributed by atoms with van der Waals surface area (Å²) in [6.45, 7) is 0. The fourth-order valence-corrected chi connectivity index (χ4v) is 3.91. The molecule has 3 rings (SSSR count). The van der Waals surface area contributed by atoms with Crippen LogP contribution in [0.15, 0.2) is 71.6 Å². The molecule has 0 saturated carbocycles. The van der Waals surface area contributed by atoms with Crippen LogP contribution in [0.1, 0.15) is 0 Å². The first-order valence-corrected chi connectivity index (χ1v) is 10.8. The zero-order valence-electron chi connectivity index (χ0n) is 14.6. The summed E-state index contributed by atoms with van der Waals surface area (Å²) in [5.74, 6) is -0.438. The minimum atomic E-state index is -3.82. The molecule has 3 aromatic rings.